The maximum absolute atomic E-state index is 5.82. The molecular formula is C19H18ClN3O2. The van der Waals surface area contributed by atoms with Gasteiger partial charge in [-0.25, -0.2) is 9.97 Å². The molecule has 4 rings (SSSR count). The van der Waals surface area contributed by atoms with E-state index in [0.717, 1.165) is 28.0 Å². The number of halogens is 1. The molecular weight excluding hydrogens is 338 g/mol. The van der Waals surface area contributed by atoms with E-state index in [-0.39, 0.29) is 0 Å². The first-order valence-electron chi connectivity index (χ1n) is 8.30. The average molecular weight is 356 g/mol. The highest BCUT2D eigenvalue weighted by molar-refractivity contribution is 6.29. The Morgan fingerprint density at radius 2 is 2.00 bits per heavy atom. The molecule has 1 saturated carbocycles. The Bertz CT molecular complexity index is 866. The Labute approximate surface area is 151 Å². The molecule has 6 heteroatoms. The van der Waals surface area contributed by atoms with Crippen LogP contribution in [0.4, 0.5) is 11.5 Å². The van der Waals surface area contributed by atoms with Crippen LogP contribution in [-0.4, -0.2) is 29.3 Å². The summed E-state index contributed by atoms with van der Waals surface area (Å²) < 4.78 is 11.4. The van der Waals surface area contributed by atoms with Gasteiger partial charge in [0.05, 0.1) is 24.6 Å². The summed E-state index contributed by atoms with van der Waals surface area (Å²) in [4.78, 5) is 8.49. The van der Waals surface area contributed by atoms with Crippen LogP contribution in [0.2, 0.25) is 5.15 Å². The van der Waals surface area contributed by atoms with Crippen molar-refractivity contribution in [1.29, 1.82) is 0 Å². The number of pyridine rings is 2. The van der Waals surface area contributed by atoms with Crippen molar-refractivity contribution in [3.63, 3.8) is 0 Å². The van der Waals surface area contributed by atoms with Gasteiger partial charge in [0, 0.05) is 11.6 Å². The molecule has 0 spiro atoms. The number of hydrogen-bond acceptors (Lipinski definition) is 5. The average Bonchev–Trinajstić information content (AvgIpc) is 3.45. The molecule has 0 aliphatic heterocycles. The van der Waals surface area contributed by atoms with Crippen molar-refractivity contribution in [2.45, 2.75) is 18.9 Å². The van der Waals surface area contributed by atoms with Crippen molar-refractivity contribution in [3.05, 3.63) is 53.9 Å². The molecule has 0 radical (unpaired) electrons. The minimum Gasteiger partial charge on any atom is -0.491 e. The Morgan fingerprint density at radius 1 is 1.08 bits per heavy atom. The predicted molar refractivity (Wildman–Crippen MR) is 98.7 cm³/mol. The second-order valence-electron chi connectivity index (χ2n) is 5.96. The normalized spacial score (nSPS) is 13.8. The minimum absolute atomic E-state index is 0.460. The fraction of sp³-hybridized carbons (Fsp3) is 0.263. The van der Waals surface area contributed by atoms with E-state index in [1.807, 2.05) is 30.3 Å². The lowest BCUT2D eigenvalue weighted by Gasteiger charge is -2.11. The Hall–Kier alpha value is -2.37. The Kier molecular flexibility index (Phi) is 4.68. The zero-order valence-corrected chi connectivity index (χ0v) is 14.4. The smallest absolute Gasteiger partial charge is 0.138 e. The van der Waals surface area contributed by atoms with Crippen molar-refractivity contribution in [2.75, 3.05) is 18.5 Å². The number of nitrogens with one attached hydrogen (secondary N) is 1. The number of aromatic nitrogens is 2. The van der Waals surface area contributed by atoms with E-state index in [2.05, 4.69) is 15.3 Å². The van der Waals surface area contributed by atoms with Gasteiger partial charge in [0.15, 0.2) is 0 Å². The third-order valence-electron chi connectivity index (χ3n) is 3.96. The lowest BCUT2D eigenvalue weighted by molar-refractivity contribution is 0.0881. The number of ether oxygens (including phenoxy) is 2. The number of hydrogen-bond donors (Lipinski definition) is 1. The van der Waals surface area contributed by atoms with E-state index in [1.165, 1.54) is 12.8 Å². The summed E-state index contributed by atoms with van der Waals surface area (Å²) in [5.74, 6) is 1.60. The van der Waals surface area contributed by atoms with Crippen LogP contribution in [0.5, 0.6) is 5.75 Å². The third kappa shape index (κ3) is 4.18. The molecule has 1 aromatic carbocycles. The molecule has 2 aromatic heterocycles. The first kappa shape index (κ1) is 16.1. The van der Waals surface area contributed by atoms with Gasteiger partial charge >= 0.3 is 0 Å². The van der Waals surface area contributed by atoms with Crippen LogP contribution in [0.1, 0.15) is 12.8 Å². The van der Waals surface area contributed by atoms with Gasteiger partial charge in [-0.1, -0.05) is 11.6 Å². The third-order valence-corrected chi connectivity index (χ3v) is 4.18. The molecule has 0 atom stereocenters. The first-order valence-corrected chi connectivity index (χ1v) is 8.67. The summed E-state index contributed by atoms with van der Waals surface area (Å²) in [5, 5.41) is 5.80. The summed E-state index contributed by atoms with van der Waals surface area (Å²) in [7, 11) is 0. The van der Waals surface area contributed by atoms with Crippen LogP contribution in [0, 0.1) is 0 Å². The zero-order chi connectivity index (χ0) is 17.1. The van der Waals surface area contributed by atoms with E-state index in [9.17, 15) is 0 Å². The fourth-order valence-electron chi connectivity index (χ4n) is 2.54. The van der Waals surface area contributed by atoms with E-state index < -0.39 is 0 Å². The van der Waals surface area contributed by atoms with Crippen LogP contribution in [0.3, 0.4) is 0 Å². The maximum Gasteiger partial charge on any atom is 0.138 e. The quantitative estimate of drug-likeness (QED) is 0.496. The Balaban J connectivity index is 1.47. The number of benzene rings is 1. The van der Waals surface area contributed by atoms with Crippen LogP contribution < -0.4 is 10.1 Å². The molecule has 0 amide bonds. The lowest BCUT2D eigenvalue weighted by atomic mass is 10.1. The molecule has 0 saturated heterocycles. The van der Waals surface area contributed by atoms with Crippen molar-refractivity contribution in [1.82, 2.24) is 9.97 Å². The van der Waals surface area contributed by atoms with Crippen molar-refractivity contribution < 1.29 is 9.47 Å². The van der Waals surface area contributed by atoms with Gasteiger partial charge in [0.25, 0.3) is 0 Å². The summed E-state index contributed by atoms with van der Waals surface area (Å²) in [6.45, 7) is 1.20. The van der Waals surface area contributed by atoms with Gasteiger partial charge in [-0.2, -0.15) is 0 Å². The summed E-state index contributed by atoms with van der Waals surface area (Å²) in [5.41, 5.74) is 0.835. The van der Waals surface area contributed by atoms with E-state index in [0.29, 0.717) is 24.5 Å². The maximum atomic E-state index is 5.82. The van der Waals surface area contributed by atoms with E-state index in [4.69, 9.17) is 21.1 Å². The number of nitrogens with zero attached hydrogens (tertiary/aromatic N) is 2. The standard InChI is InChI=1S/C19H18ClN3O2/c20-18-6-1-14(12-22-18)23-19-17-5-4-16(11-13(17)7-8-21-19)25-10-9-24-15-2-3-15/h1,4-8,11-12,15H,2-3,9-10H2,(H,21,23). The van der Waals surface area contributed by atoms with Crippen molar-refractivity contribution in [3.8, 4) is 5.75 Å². The highest BCUT2D eigenvalue weighted by atomic mass is 35.5. The molecule has 0 bridgehead atoms. The van der Waals surface area contributed by atoms with Crippen molar-refractivity contribution >= 4 is 33.9 Å². The monoisotopic (exact) mass is 355 g/mol. The highest BCUT2D eigenvalue weighted by Gasteiger charge is 2.21. The lowest BCUT2D eigenvalue weighted by Crippen LogP contribution is -2.07. The van der Waals surface area contributed by atoms with E-state index in [1.54, 1.807) is 18.5 Å². The van der Waals surface area contributed by atoms with Crippen LogP contribution >= 0.6 is 11.6 Å². The zero-order valence-electron chi connectivity index (χ0n) is 13.6. The molecule has 3 aromatic rings. The number of fused-ring (bicyclic) bond motifs is 1. The SMILES string of the molecule is Clc1ccc(Nc2nccc3cc(OCCOC4CC4)ccc23)cn1. The van der Waals surface area contributed by atoms with Crippen LogP contribution in [-0.2, 0) is 4.74 Å². The molecule has 128 valence electrons. The largest absolute Gasteiger partial charge is 0.491 e. The molecule has 1 fully saturated rings. The van der Waals surface area contributed by atoms with Crippen molar-refractivity contribution in [2.24, 2.45) is 0 Å². The topological polar surface area (TPSA) is 56.3 Å². The molecule has 2 heterocycles. The molecule has 5 nitrogen and oxygen atoms in total. The predicted octanol–water partition coefficient (Wildman–Crippen LogP) is 4.58. The highest BCUT2D eigenvalue weighted by Crippen LogP contribution is 2.28. The minimum atomic E-state index is 0.460. The van der Waals surface area contributed by atoms with Gasteiger partial charge in [-0.05, 0) is 54.6 Å². The van der Waals surface area contributed by atoms with Gasteiger partial charge in [0.2, 0.25) is 0 Å². The van der Waals surface area contributed by atoms with Gasteiger partial charge in [-0.15, -0.1) is 0 Å². The Morgan fingerprint density at radius 3 is 2.80 bits per heavy atom. The summed E-state index contributed by atoms with van der Waals surface area (Å²) in [6.07, 6.45) is 6.28. The van der Waals surface area contributed by atoms with Gasteiger partial charge < -0.3 is 14.8 Å². The fourth-order valence-corrected chi connectivity index (χ4v) is 2.65. The second kappa shape index (κ2) is 7.25. The van der Waals surface area contributed by atoms with Crippen LogP contribution in [0.25, 0.3) is 10.8 Å². The van der Waals surface area contributed by atoms with Gasteiger partial charge in [0.1, 0.15) is 23.3 Å². The van der Waals surface area contributed by atoms with Crippen LogP contribution in [0.15, 0.2) is 48.8 Å². The molecule has 1 N–H and O–H groups in total. The number of anilines is 2. The summed E-state index contributed by atoms with van der Waals surface area (Å²) in [6, 6.07) is 11.5. The molecule has 0 unspecified atom stereocenters. The van der Waals surface area contributed by atoms with E-state index >= 15 is 0 Å². The second-order valence-corrected chi connectivity index (χ2v) is 6.34. The summed E-state index contributed by atoms with van der Waals surface area (Å²) >= 11 is 5.82. The van der Waals surface area contributed by atoms with Gasteiger partial charge in [-0.3, -0.25) is 0 Å². The molecule has 1 aliphatic rings. The first-order chi connectivity index (χ1) is 12.3. The molecule has 1 aliphatic carbocycles. The molecule has 25 heavy (non-hydrogen) atoms. The number of rotatable bonds is 7.